The number of halogens is 2. The third-order valence-electron chi connectivity index (χ3n) is 5.55. The smallest absolute Gasteiger partial charge is 0.261 e. The zero-order valence-corrected chi connectivity index (χ0v) is 19.2. The Kier molecular flexibility index (Phi) is 8.46. The summed E-state index contributed by atoms with van der Waals surface area (Å²) in [5, 5.41) is 3.09. The Labute approximate surface area is 191 Å². The van der Waals surface area contributed by atoms with E-state index >= 15 is 0 Å². The molecule has 0 aromatic heterocycles. The Bertz CT molecular complexity index is 902. The third-order valence-corrected chi connectivity index (χ3v) is 6.04. The summed E-state index contributed by atoms with van der Waals surface area (Å²) < 4.78 is 20.2. The SMILES string of the molecule is CC(C(=O)NC1CCCCC1)N(Cc1cccc(Br)c1)C(=O)COc1ccccc1F. The first-order chi connectivity index (χ1) is 14.9. The molecule has 1 unspecified atom stereocenters. The topological polar surface area (TPSA) is 58.6 Å². The number of ether oxygens (including phenoxy) is 1. The van der Waals surface area contributed by atoms with Crippen LogP contribution in [-0.4, -0.2) is 35.4 Å². The van der Waals surface area contributed by atoms with Crippen LogP contribution >= 0.6 is 15.9 Å². The first-order valence-corrected chi connectivity index (χ1v) is 11.4. The van der Waals surface area contributed by atoms with E-state index in [-0.39, 0.29) is 36.8 Å². The first kappa shape index (κ1) is 23.3. The fourth-order valence-electron chi connectivity index (χ4n) is 3.77. The van der Waals surface area contributed by atoms with E-state index in [4.69, 9.17) is 4.74 Å². The molecule has 2 aromatic carbocycles. The lowest BCUT2D eigenvalue weighted by atomic mass is 9.95. The second kappa shape index (κ2) is 11.3. The minimum Gasteiger partial charge on any atom is -0.481 e. The fourth-order valence-corrected chi connectivity index (χ4v) is 4.21. The summed E-state index contributed by atoms with van der Waals surface area (Å²) in [6.07, 6.45) is 5.35. The molecule has 0 heterocycles. The molecule has 1 N–H and O–H groups in total. The van der Waals surface area contributed by atoms with Gasteiger partial charge in [-0.15, -0.1) is 0 Å². The van der Waals surface area contributed by atoms with Crippen molar-refractivity contribution in [2.45, 2.75) is 57.7 Å². The molecule has 2 amide bonds. The van der Waals surface area contributed by atoms with Gasteiger partial charge in [-0.25, -0.2) is 4.39 Å². The Hall–Kier alpha value is -2.41. The average molecular weight is 491 g/mol. The van der Waals surface area contributed by atoms with E-state index < -0.39 is 11.9 Å². The van der Waals surface area contributed by atoms with Crippen LogP contribution in [0.2, 0.25) is 0 Å². The van der Waals surface area contributed by atoms with Crippen LogP contribution in [0, 0.1) is 5.82 Å². The number of para-hydroxylation sites is 1. The fraction of sp³-hybridized carbons (Fsp3) is 0.417. The van der Waals surface area contributed by atoms with Gasteiger partial charge in [-0.3, -0.25) is 9.59 Å². The summed E-state index contributed by atoms with van der Waals surface area (Å²) >= 11 is 3.44. The molecule has 7 heteroatoms. The van der Waals surface area contributed by atoms with Crippen LogP contribution in [0.1, 0.15) is 44.6 Å². The van der Waals surface area contributed by atoms with Gasteiger partial charge < -0.3 is 15.0 Å². The number of benzene rings is 2. The minimum atomic E-state index is -0.683. The van der Waals surface area contributed by atoms with Crippen molar-refractivity contribution in [2.75, 3.05) is 6.61 Å². The minimum absolute atomic E-state index is 0.0116. The van der Waals surface area contributed by atoms with E-state index in [9.17, 15) is 14.0 Å². The predicted octanol–water partition coefficient (Wildman–Crippen LogP) is 4.83. The summed E-state index contributed by atoms with van der Waals surface area (Å²) in [5.74, 6) is -1.08. The quantitative estimate of drug-likeness (QED) is 0.576. The van der Waals surface area contributed by atoms with Gasteiger partial charge in [0.1, 0.15) is 6.04 Å². The molecule has 0 bridgehead atoms. The number of nitrogens with one attached hydrogen (secondary N) is 1. The Morgan fingerprint density at radius 2 is 1.90 bits per heavy atom. The highest BCUT2D eigenvalue weighted by Gasteiger charge is 2.28. The van der Waals surface area contributed by atoms with Gasteiger partial charge in [0.25, 0.3) is 5.91 Å². The van der Waals surface area contributed by atoms with Gasteiger partial charge >= 0.3 is 0 Å². The summed E-state index contributed by atoms with van der Waals surface area (Å²) in [7, 11) is 0. The summed E-state index contributed by atoms with van der Waals surface area (Å²) in [5.41, 5.74) is 0.880. The van der Waals surface area contributed by atoms with E-state index in [2.05, 4.69) is 21.2 Å². The van der Waals surface area contributed by atoms with Crippen LogP contribution in [0.5, 0.6) is 5.75 Å². The lowest BCUT2D eigenvalue weighted by molar-refractivity contribution is -0.142. The van der Waals surface area contributed by atoms with Gasteiger partial charge in [0.05, 0.1) is 0 Å². The van der Waals surface area contributed by atoms with Crippen LogP contribution in [0.25, 0.3) is 0 Å². The van der Waals surface area contributed by atoms with E-state index in [1.165, 1.54) is 23.5 Å². The lowest BCUT2D eigenvalue weighted by Gasteiger charge is -2.31. The molecule has 1 aliphatic rings. The zero-order chi connectivity index (χ0) is 22.2. The second-order valence-corrected chi connectivity index (χ2v) is 8.81. The maximum Gasteiger partial charge on any atom is 0.261 e. The number of carbonyl (C=O) groups is 2. The van der Waals surface area contributed by atoms with Crippen molar-refractivity contribution in [3.8, 4) is 5.75 Å². The highest BCUT2D eigenvalue weighted by molar-refractivity contribution is 9.10. The van der Waals surface area contributed by atoms with Crippen molar-refractivity contribution >= 4 is 27.7 Å². The molecular formula is C24H28BrFN2O3. The van der Waals surface area contributed by atoms with Crippen molar-refractivity contribution in [3.63, 3.8) is 0 Å². The van der Waals surface area contributed by atoms with Gasteiger partial charge in [0, 0.05) is 17.1 Å². The van der Waals surface area contributed by atoms with Gasteiger partial charge in [0.2, 0.25) is 5.91 Å². The summed E-state index contributed by atoms with van der Waals surface area (Å²) in [4.78, 5) is 27.5. The molecule has 0 spiro atoms. The van der Waals surface area contributed by atoms with E-state index in [1.807, 2.05) is 24.3 Å². The molecule has 0 radical (unpaired) electrons. The Morgan fingerprint density at radius 3 is 2.61 bits per heavy atom. The third kappa shape index (κ3) is 6.79. The van der Waals surface area contributed by atoms with E-state index in [0.29, 0.717) is 0 Å². The molecule has 1 saturated carbocycles. The molecule has 31 heavy (non-hydrogen) atoms. The largest absolute Gasteiger partial charge is 0.481 e. The number of carbonyl (C=O) groups excluding carboxylic acids is 2. The van der Waals surface area contributed by atoms with E-state index in [1.54, 1.807) is 19.1 Å². The van der Waals surface area contributed by atoms with Gasteiger partial charge in [-0.05, 0) is 49.6 Å². The highest BCUT2D eigenvalue weighted by atomic mass is 79.9. The molecule has 2 aromatic rings. The molecule has 0 aliphatic heterocycles. The molecular weight excluding hydrogens is 463 g/mol. The number of hydrogen-bond acceptors (Lipinski definition) is 3. The van der Waals surface area contributed by atoms with Crippen molar-refractivity contribution in [2.24, 2.45) is 0 Å². The van der Waals surface area contributed by atoms with Crippen molar-refractivity contribution < 1.29 is 18.7 Å². The molecule has 3 rings (SSSR count). The van der Waals surface area contributed by atoms with Crippen molar-refractivity contribution in [1.29, 1.82) is 0 Å². The summed E-state index contributed by atoms with van der Waals surface area (Å²) in [6.45, 7) is 1.62. The zero-order valence-electron chi connectivity index (χ0n) is 17.7. The van der Waals surface area contributed by atoms with Gasteiger partial charge in [-0.2, -0.15) is 0 Å². The first-order valence-electron chi connectivity index (χ1n) is 10.7. The highest BCUT2D eigenvalue weighted by Crippen LogP contribution is 2.20. The van der Waals surface area contributed by atoms with Crippen LogP contribution < -0.4 is 10.1 Å². The molecule has 1 atom stereocenters. The molecule has 166 valence electrons. The van der Waals surface area contributed by atoms with E-state index in [0.717, 1.165) is 35.7 Å². The predicted molar refractivity (Wildman–Crippen MR) is 121 cm³/mol. The Morgan fingerprint density at radius 1 is 1.16 bits per heavy atom. The summed E-state index contributed by atoms with van der Waals surface area (Å²) in [6, 6.07) is 13.0. The van der Waals surface area contributed by atoms with Crippen LogP contribution in [0.3, 0.4) is 0 Å². The normalized spacial score (nSPS) is 15.2. The van der Waals surface area contributed by atoms with Gasteiger partial charge in [0.15, 0.2) is 18.2 Å². The maximum absolute atomic E-state index is 13.9. The monoisotopic (exact) mass is 490 g/mol. The molecule has 5 nitrogen and oxygen atoms in total. The Balaban J connectivity index is 1.71. The second-order valence-electron chi connectivity index (χ2n) is 7.89. The number of nitrogens with zero attached hydrogens (tertiary/aromatic N) is 1. The standard InChI is InChI=1S/C24H28BrFN2O3/c1-17(24(30)27-20-10-3-2-4-11-20)28(15-18-8-7-9-19(25)14-18)23(29)16-31-22-13-6-5-12-21(22)26/h5-9,12-14,17,20H,2-4,10-11,15-16H2,1H3,(H,27,30). The van der Waals surface area contributed by atoms with Crippen LogP contribution in [0.15, 0.2) is 53.0 Å². The number of rotatable bonds is 8. The van der Waals surface area contributed by atoms with Crippen molar-refractivity contribution in [1.82, 2.24) is 10.2 Å². The molecule has 1 aliphatic carbocycles. The lowest BCUT2D eigenvalue weighted by Crippen LogP contribution is -2.51. The van der Waals surface area contributed by atoms with Crippen molar-refractivity contribution in [3.05, 3.63) is 64.4 Å². The maximum atomic E-state index is 13.9. The average Bonchev–Trinajstić information content (AvgIpc) is 2.77. The molecule has 0 saturated heterocycles. The van der Waals surface area contributed by atoms with Crippen LogP contribution in [-0.2, 0) is 16.1 Å². The molecule has 1 fully saturated rings. The van der Waals surface area contributed by atoms with Gasteiger partial charge in [-0.1, -0.05) is 59.5 Å². The van der Waals surface area contributed by atoms with Crippen LogP contribution in [0.4, 0.5) is 4.39 Å². The number of amides is 2. The number of hydrogen-bond donors (Lipinski definition) is 1.